The minimum absolute atomic E-state index is 0.268. The highest BCUT2D eigenvalue weighted by Gasteiger charge is 2.16. The molecule has 0 aliphatic carbocycles. The number of hydrogen-bond acceptors (Lipinski definition) is 5. The monoisotopic (exact) mass is 414 g/mol. The number of amides is 1. The first-order valence-corrected chi connectivity index (χ1v) is 11.4. The molecule has 0 radical (unpaired) electrons. The number of rotatable bonds is 4. The maximum atomic E-state index is 12.9. The van der Waals surface area contributed by atoms with Crippen LogP contribution in [0.25, 0.3) is 10.2 Å². The van der Waals surface area contributed by atoms with Crippen molar-refractivity contribution < 1.29 is 14.3 Å². The van der Waals surface area contributed by atoms with Crippen LogP contribution in [0.4, 0.5) is 0 Å². The van der Waals surface area contributed by atoms with Gasteiger partial charge in [-0.3, -0.25) is 4.79 Å². The average molecular weight is 415 g/mol. The molecule has 5 nitrogen and oxygen atoms in total. The highest BCUT2D eigenvalue weighted by Crippen LogP contribution is 2.31. The van der Waals surface area contributed by atoms with Gasteiger partial charge in [-0.25, -0.2) is 0 Å². The molecule has 0 unspecified atom stereocenters. The SMILES string of the molecule is CSCCn1c(=NC(=O)c2ccc3c(c2)OCCO3)sc2c(C)cc(C)cc21. The molecule has 28 heavy (non-hydrogen) atoms. The van der Waals surface area contributed by atoms with E-state index < -0.39 is 0 Å². The van der Waals surface area contributed by atoms with Crippen LogP contribution in [0.2, 0.25) is 0 Å². The fraction of sp³-hybridized carbons (Fsp3) is 0.333. The Hall–Kier alpha value is -2.25. The summed E-state index contributed by atoms with van der Waals surface area (Å²) in [5, 5.41) is 0. The topological polar surface area (TPSA) is 52.8 Å². The summed E-state index contributed by atoms with van der Waals surface area (Å²) in [5.74, 6) is 1.97. The number of fused-ring (bicyclic) bond motifs is 2. The Balaban J connectivity index is 1.79. The fourth-order valence-electron chi connectivity index (χ4n) is 3.32. The van der Waals surface area contributed by atoms with Crippen molar-refractivity contribution in [2.24, 2.45) is 4.99 Å². The number of ether oxygens (including phenoxy) is 2. The zero-order chi connectivity index (χ0) is 19.7. The highest BCUT2D eigenvalue weighted by molar-refractivity contribution is 7.98. The van der Waals surface area contributed by atoms with E-state index in [1.54, 1.807) is 41.3 Å². The van der Waals surface area contributed by atoms with Gasteiger partial charge < -0.3 is 14.0 Å². The minimum atomic E-state index is -0.268. The second-order valence-electron chi connectivity index (χ2n) is 6.73. The number of nitrogens with zero attached hydrogens (tertiary/aromatic N) is 2. The Bertz CT molecular complexity index is 1110. The lowest BCUT2D eigenvalue weighted by atomic mass is 10.1. The molecular weight excluding hydrogens is 392 g/mol. The van der Waals surface area contributed by atoms with Gasteiger partial charge in [-0.2, -0.15) is 16.8 Å². The molecule has 3 aromatic rings. The predicted octanol–water partition coefficient (Wildman–Crippen LogP) is 4.19. The van der Waals surface area contributed by atoms with Gasteiger partial charge >= 0.3 is 0 Å². The number of carbonyl (C=O) groups is 1. The fourth-order valence-corrected chi connectivity index (χ4v) is 4.79. The van der Waals surface area contributed by atoms with Gasteiger partial charge in [0.15, 0.2) is 16.3 Å². The number of benzene rings is 2. The van der Waals surface area contributed by atoms with Gasteiger partial charge in [0, 0.05) is 17.9 Å². The normalized spacial score (nSPS) is 13.9. The van der Waals surface area contributed by atoms with Gasteiger partial charge in [0.2, 0.25) is 0 Å². The van der Waals surface area contributed by atoms with E-state index in [1.807, 2.05) is 0 Å². The van der Waals surface area contributed by atoms with Crippen LogP contribution in [-0.4, -0.2) is 35.7 Å². The van der Waals surface area contributed by atoms with Crippen molar-refractivity contribution in [3.05, 3.63) is 51.8 Å². The molecule has 0 N–H and O–H groups in total. The lowest BCUT2D eigenvalue weighted by Crippen LogP contribution is -2.18. The number of aromatic nitrogens is 1. The molecule has 1 amide bonds. The quantitative estimate of drug-likeness (QED) is 0.642. The molecule has 0 saturated carbocycles. The lowest BCUT2D eigenvalue weighted by molar-refractivity contribution is 0.0996. The van der Waals surface area contributed by atoms with Gasteiger partial charge in [-0.15, -0.1) is 0 Å². The first-order chi connectivity index (χ1) is 13.6. The summed E-state index contributed by atoms with van der Waals surface area (Å²) < 4.78 is 14.5. The Morgan fingerprint density at radius 2 is 1.96 bits per heavy atom. The van der Waals surface area contributed by atoms with E-state index in [0.717, 1.165) is 22.6 Å². The van der Waals surface area contributed by atoms with Crippen molar-refractivity contribution in [3.8, 4) is 11.5 Å². The van der Waals surface area contributed by atoms with Crippen molar-refractivity contribution >= 4 is 39.2 Å². The molecule has 146 valence electrons. The summed E-state index contributed by atoms with van der Waals surface area (Å²) in [6, 6.07) is 9.58. The molecule has 1 aliphatic rings. The van der Waals surface area contributed by atoms with Gasteiger partial charge in [-0.1, -0.05) is 17.4 Å². The standard InChI is InChI=1S/C21H22N2O3S2/c1-13-10-14(2)19-16(11-13)23(6-9-27-3)21(28-19)22-20(24)15-4-5-17-18(12-15)26-8-7-25-17/h4-5,10-12H,6-9H2,1-3H3. The molecular formula is C21H22N2O3S2. The van der Waals surface area contributed by atoms with Crippen LogP contribution in [0.15, 0.2) is 35.3 Å². The van der Waals surface area contributed by atoms with E-state index in [4.69, 9.17) is 9.47 Å². The molecule has 1 aliphatic heterocycles. The molecule has 0 fully saturated rings. The summed E-state index contributed by atoms with van der Waals surface area (Å²) >= 11 is 3.35. The third kappa shape index (κ3) is 3.69. The first-order valence-electron chi connectivity index (χ1n) is 9.15. The lowest BCUT2D eigenvalue weighted by Gasteiger charge is -2.18. The third-order valence-corrected chi connectivity index (χ3v) is 6.44. The minimum Gasteiger partial charge on any atom is -0.486 e. The van der Waals surface area contributed by atoms with Crippen LogP contribution in [0.5, 0.6) is 11.5 Å². The second kappa shape index (κ2) is 8.01. The largest absolute Gasteiger partial charge is 0.486 e. The molecule has 1 aromatic heterocycles. The van der Waals surface area contributed by atoms with E-state index >= 15 is 0 Å². The average Bonchev–Trinajstić information content (AvgIpc) is 3.03. The van der Waals surface area contributed by atoms with Crippen LogP contribution in [-0.2, 0) is 6.54 Å². The van der Waals surface area contributed by atoms with Gasteiger partial charge in [0.05, 0.1) is 10.2 Å². The van der Waals surface area contributed by atoms with Crippen molar-refractivity contribution in [2.45, 2.75) is 20.4 Å². The van der Waals surface area contributed by atoms with Gasteiger partial charge in [0.1, 0.15) is 13.2 Å². The summed E-state index contributed by atoms with van der Waals surface area (Å²) in [5.41, 5.74) is 4.08. The number of hydrogen-bond donors (Lipinski definition) is 0. The molecule has 0 saturated heterocycles. The third-order valence-electron chi connectivity index (χ3n) is 4.62. The highest BCUT2D eigenvalue weighted by atomic mass is 32.2. The maximum Gasteiger partial charge on any atom is 0.279 e. The van der Waals surface area contributed by atoms with E-state index in [2.05, 4.69) is 41.8 Å². The zero-order valence-electron chi connectivity index (χ0n) is 16.2. The molecule has 0 spiro atoms. The van der Waals surface area contributed by atoms with Crippen molar-refractivity contribution in [1.29, 1.82) is 0 Å². The number of carbonyl (C=O) groups excluding carboxylic acids is 1. The van der Waals surface area contributed by atoms with E-state index in [1.165, 1.54) is 15.8 Å². The van der Waals surface area contributed by atoms with Crippen LogP contribution in [0.3, 0.4) is 0 Å². The Kier molecular flexibility index (Phi) is 5.46. The number of thiazole rings is 1. The van der Waals surface area contributed by atoms with Gasteiger partial charge in [0.25, 0.3) is 5.91 Å². The van der Waals surface area contributed by atoms with Crippen LogP contribution >= 0.6 is 23.1 Å². The molecule has 4 rings (SSSR count). The predicted molar refractivity (Wildman–Crippen MR) is 115 cm³/mol. The maximum absolute atomic E-state index is 12.9. The molecule has 0 bridgehead atoms. The number of thioether (sulfide) groups is 1. The summed E-state index contributed by atoms with van der Waals surface area (Å²) in [6.07, 6.45) is 2.09. The Morgan fingerprint density at radius 1 is 1.18 bits per heavy atom. The van der Waals surface area contributed by atoms with Crippen LogP contribution in [0, 0.1) is 13.8 Å². The number of aryl methyl sites for hydroxylation is 3. The first kappa shape index (κ1) is 19.1. The summed E-state index contributed by atoms with van der Waals surface area (Å²) in [7, 11) is 0. The van der Waals surface area contributed by atoms with Crippen LogP contribution < -0.4 is 14.3 Å². The van der Waals surface area contributed by atoms with E-state index in [0.29, 0.717) is 30.3 Å². The Labute approximate surface area is 172 Å². The van der Waals surface area contributed by atoms with Crippen molar-refractivity contribution in [2.75, 3.05) is 25.2 Å². The van der Waals surface area contributed by atoms with Crippen molar-refractivity contribution in [3.63, 3.8) is 0 Å². The second-order valence-corrected chi connectivity index (χ2v) is 8.70. The molecule has 7 heteroatoms. The molecule has 2 heterocycles. The molecule has 2 aromatic carbocycles. The van der Waals surface area contributed by atoms with Gasteiger partial charge in [-0.05, 0) is 55.5 Å². The zero-order valence-corrected chi connectivity index (χ0v) is 17.8. The van der Waals surface area contributed by atoms with E-state index in [-0.39, 0.29) is 5.91 Å². The van der Waals surface area contributed by atoms with E-state index in [9.17, 15) is 4.79 Å². The summed E-state index contributed by atoms with van der Waals surface area (Å²) in [6.45, 7) is 6.04. The van der Waals surface area contributed by atoms with Crippen molar-refractivity contribution in [1.82, 2.24) is 4.57 Å². The smallest absolute Gasteiger partial charge is 0.279 e. The van der Waals surface area contributed by atoms with Crippen LogP contribution in [0.1, 0.15) is 21.5 Å². The Morgan fingerprint density at radius 3 is 2.75 bits per heavy atom. The molecule has 0 atom stereocenters. The summed E-state index contributed by atoms with van der Waals surface area (Å²) in [4.78, 5) is 18.1.